The molecule has 0 bridgehead atoms. The molecule has 8 heavy (non-hydrogen) atoms. The van der Waals surface area contributed by atoms with Crippen molar-refractivity contribution in [2.45, 2.75) is 6.42 Å². The number of halogens is 1. The summed E-state index contributed by atoms with van der Waals surface area (Å²) < 4.78 is 16.8. The van der Waals surface area contributed by atoms with Gasteiger partial charge in [-0.05, 0) is 12.5 Å². The second-order valence-corrected chi connectivity index (χ2v) is 1.56. The third-order valence-corrected chi connectivity index (χ3v) is 0.875. The predicted octanol–water partition coefficient (Wildman–Crippen LogP) is 1.77. The van der Waals surface area contributed by atoms with Gasteiger partial charge in [-0.2, -0.15) is 0 Å². The van der Waals surface area contributed by atoms with Gasteiger partial charge in [0, 0.05) is 0 Å². The molecular formula is C6H7FO. The Morgan fingerprint density at radius 1 is 1.62 bits per heavy atom. The van der Waals surface area contributed by atoms with E-state index in [0.717, 1.165) is 12.7 Å². The SMILES string of the molecule is FC1=COCCC=C1. The Labute approximate surface area is 47.5 Å². The summed E-state index contributed by atoms with van der Waals surface area (Å²) in [6.45, 7) is 0.587. The molecule has 0 aromatic carbocycles. The van der Waals surface area contributed by atoms with Crippen LogP contribution in [-0.2, 0) is 4.74 Å². The highest BCUT2D eigenvalue weighted by Gasteiger charge is 1.91. The first-order valence-corrected chi connectivity index (χ1v) is 2.53. The highest BCUT2D eigenvalue weighted by atomic mass is 19.1. The number of hydrogen-bond acceptors (Lipinski definition) is 1. The van der Waals surface area contributed by atoms with E-state index in [9.17, 15) is 4.39 Å². The smallest absolute Gasteiger partial charge is 0.157 e. The lowest BCUT2D eigenvalue weighted by Gasteiger charge is -1.90. The highest BCUT2D eigenvalue weighted by molar-refractivity contribution is 5.09. The van der Waals surface area contributed by atoms with E-state index in [1.807, 2.05) is 0 Å². The third kappa shape index (κ3) is 1.37. The topological polar surface area (TPSA) is 9.23 Å². The predicted molar refractivity (Wildman–Crippen MR) is 28.9 cm³/mol. The molecule has 0 amide bonds. The van der Waals surface area contributed by atoms with E-state index in [1.54, 1.807) is 6.08 Å². The summed E-state index contributed by atoms with van der Waals surface area (Å²) in [7, 11) is 0. The molecule has 1 aliphatic heterocycles. The quantitative estimate of drug-likeness (QED) is 0.466. The zero-order valence-electron chi connectivity index (χ0n) is 4.43. The van der Waals surface area contributed by atoms with Crippen LogP contribution < -0.4 is 0 Å². The van der Waals surface area contributed by atoms with Gasteiger partial charge < -0.3 is 4.74 Å². The summed E-state index contributed by atoms with van der Waals surface area (Å²) in [6.07, 6.45) is 5.08. The minimum Gasteiger partial charge on any atom is -0.498 e. The van der Waals surface area contributed by atoms with Crippen molar-refractivity contribution >= 4 is 0 Å². The summed E-state index contributed by atoms with van der Waals surface area (Å²) >= 11 is 0. The first kappa shape index (κ1) is 5.35. The third-order valence-electron chi connectivity index (χ3n) is 0.875. The molecule has 44 valence electrons. The molecule has 0 saturated carbocycles. The first-order chi connectivity index (χ1) is 3.89. The highest BCUT2D eigenvalue weighted by Crippen LogP contribution is 2.03. The Bertz CT molecular complexity index is 126. The summed E-state index contributed by atoms with van der Waals surface area (Å²) in [5.74, 6) is -0.303. The van der Waals surface area contributed by atoms with Crippen LogP contribution in [0, 0.1) is 0 Å². The van der Waals surface area contributed by atoms with Crippen LogP contribution in [0.3, 0.4) is 0 Å². The van der Waals surface area contributed by atoms with Gasteiger partial charge in [-0.3, -0.25) is 0 Å². The molecule has 0 aromatic heterocycles. The van der Waals surface area contributed by atoms with E-state index in [2.05, 4.69) is 0 Å². The molecule has 0 spiro atoms. The van der Waals surface area contributed by atoms with Crippen LogP contribution in [0.1, 0.15) is 6.42 Å². The van der Waals surface area contributed by atoms with E-state index in [1.165, 1.54) is 6.08 Å². The zero-order chi connectivity index (χ0) is 5.82. The number of rotatable bonds is 0. The van der Waals surface area contributed by atoms with Gasteiger partial charge in [0.1, 0.15) is 6.26 Å². The van der Waals surface area contributed by atoms with E-state index < -0.39 is 0 Å². The lowest BCUT2D eigenvalue weighted by molar-refractivity contribution is 0.251. The fourth-order valence-electron chi connectivity index (χ4n) is 0.510. The van der Waals surface area contributed by atoms with Crippen molar-refractivity contribution in [2.75, 3.05) is 6.61 Å². The molecule has 1 rings (SSSR count). The van der Waals surface area contributed by atoms with Gasteiger partial charge in [0.15, 0.2) is 5.83 Å². The van der Waals surface area contributed by atoms with Crippen LogP contribution in [0.5, 0.6) is 0 Å². The Kier molecular flexibility index (Phi) is 1.67. The molecule has 0 unspecified atom stereocenters. The summed E-state index contributed by atoms with van der Waals surface area (Å²) in [4.78, 5) is 0. The fraction of sp³-hybridized carbons (Fsp3) is 0.333. The molecule has 1 aliphatic rings. The van der Waals surface area contributed by atoms with Crippen LogP contribution in [0.4, 0.5) is 4.39 Å². The van der Waals surface area contributed by atoms with Gasteiger partial charge >= 0.3 is 0 Å². The lowest BCUT2D eigenvalue weighted by atomic mass is 10.4. The molecule has 1 heterocycles. The molecule has 0 saturated heterocycles. The van der Waals surface area contributed by atoms with Crippen molar-refractivity contribution in [3.05, 3.63) is 24.2 Å². The van der Waals surface area contributed by atoms with Gasteiger partial charge in [-0.1, -0.05) is 6.08 Å². The number of ether oxygens (including phenoxy) is 1. The van der Waals surface area contributed by atoms with E-state index in [0.29, 0.717) is 6.61 Å². The molecule has 1 nitrogen and oxygen atoms in total. The van der Waals surface area contributed by atoms with Crippen molar-refractivity contribution in [3.8, 4) is 0 Å². The zero-order valence-corrected chi connectivity index (χ0v) is 4.43. The number of allylic oxidation sites excluding steroid dienone is 2. The van der Waals surface area contributed by atoms with E-state index in [-0.39, 0.29) is 5.83 Å². The van der Waals surface area contributed by atoms with Crippen molar-refractivity contribution in [1.82, 2.24) is 0 Å². The molecule has 2 heteroatoms. The van der Waals surface area contributed by atoms with Gasteiger partial charge in [0.25, 0.3) is 0 Å². The van der Waals surface area contributed by atoms with E-state index in [4.69, 9.17) is 4.74 Å². The van der Waals surface area contributed by atoms with Gasteiger partial charge in [0.05, 0.1) is 6.61 Å². The van der Waals surface area contributed by atoms with Crippen LogP contribution >= 0.6 is 0 Å². The van der Waals surface area contributed by atoms with Crippen molar-refractivity contribution in [3.63, 3.8) is 0 Å². The Hall–Kier alpha value is -0.790. The maximum absolute atomic E-state index is 12.1. The molecule has 0 aliphatic carbocycles. The molecule has 0 N–H and O–H groups in total. The normalized spacial score (nSPS) is 18.9. The fourth-order valence-corrected chi connectivity index (χ4v) is 0.510. The number of hydrogen-bond donors (Lipinski definition) is 0. The van der Waals surface area contributed by atoms with Crippen LogP contribution in [0.25, 0.3) is 0 Å². The molecule has 0 atom stereocenters. The van der Waals surface area contributed by atoms with E-state index >= 15 is 0 Å². The average Bonchev–Trinajstić information content (AvgIpc) is 1.94. The standard InChI is InChI=1S/C6H7FO/c7-6-3-1-2-4-8-5-6/h1,3,5H,2,4H2. The monoisotopic (exact) mass is 114 g/mol. The lowest BCUT2D eigenvalue weighted by Crippen LogP contribution is -1.80. The summed E-state index contributed by atoms with van der Waals surface area (Å²) in [5, 5.41) is 0. The molecule has 0 aromatic rings. The first-order valence-electron chi connectivity index (χ1n) is 2.53. The van der Waals surface area contributed by atoms with Crippen LogP contribution in [0.2, 0.25) is 0 Å². The van der Waals surface area contributed by atoms with Crippen molar-refractivity contribution in [1.29, 1.82) is 0 Å². The van der Waals surface area contributed by atoms with Crippen LogP contribution in [-0.4, -0.2) is 6.61 Å². The minimum absolute atomic E-state index is 0.303. The van der Waals surface area contributed by atoms with Gasteiger partial charge in [-0.25, -0.2) is 4.39 Å². The molecule has 0 radical (unpaired) electrons. The summed E-state index contributed by atoms with van der Waals surface area (Å²) in [6, 6.07) is 0. The second-order valence-electron chi connectivity index (χ2n) is 1.56. The Morgan fingerprint density at radius 2 is 2.50 bits per heavy atom. The molecular weight excluding hydrogens is 107 g/mol. The maximum atomic E-state index is 12.1. The largest absolute Gasteiger partial charge is 0.498 e. The summed E-state index contributed by atoms with van der Waals surface area (Å²) in [5.41, 5.74) is 0. The van der Waals surface area contributed by atoms with Gasteiger partial charge in [-0.15, -0.1) is 0 Å². The molecule has 0 fully saturated rings. The average molecular weight is 114 g/mol. The maximum Gasteiger partial charge on any atom is 0.157 e. The Balaban J connectivity index is 2.55. The van der Waals surface area contributed by atoms with Crippen molar-refractivity contribution in [2.24, 2.45) is 0 Å². The Morgan fingerprint density at radius 3 is 3.38 bits per heavy atom. The van der Waals surface area contributed by atoms with Gasteiger partial charge in [0.2, 0.25) is 0 Å². The van der Waals surface area contributed by atoms with Crippen molar-refractivity contribution < 1.29 is 9.13 Å². The second kappa shape index (κ2) is 2.50. The minimum atomic E-state index is -0.303. The van der Waals surface area contributed by atoms with Crippen LogP contribution in [0.15, 0.2) is 24.2 Å².